The molecule has 1 unspecified atom stereocenters. The van der Waals surface area contributed by atoms with E-state index in [1.165, 1.54) is 13.5 Å². The molecule has 2 aromatic carbocycles. The van der Waals surface area contributed by atoms with Crippen LogP contribution in [-0.2, 0) is 11.3 Å². The Bertz CT molecular complexity index is 1160. The molecule has 176 valence electrons. The minimum Gasteiger partial charge on any atom is -0.496 e. The smallest absolute Gasteiger partial charge is 0.407 e. The average molecular weight is 465 g/mol. The summed E-state index contributed by atoms with van der Waals surface area (Å²) in [6.07, 6.45) is 1.14. The van der Waals surface area contributed by atoms with Gasteiger partial charge in [-0.2, -0.15) is 5.26 Å². The third-order valence-electron chi connectivity index (χ3n) is 4.58. The zero-order chi connectivity index (χ0) is 24.3. The molecule has 1 aromatic heterocycles. The molecule has 0 spiro atoms. The highest BCUT2D eigenvalue weighted by Gasteiger charge is 2.14. The minimum absolute atomic E-state index is 0.104. The van der Waals surface area contributed by atoms with E-state index < -0.39 is 24.8 Å². The van der Waals surface area contributed by atoms with Crippen LogP contribution in [0, 0.1) is 11.3 Å². The SMILES string of the molecule is COc1cc(NC(=O)Nc2cccc(CNC(=O)OC(CO)CC#N)c2)ccc1-c1cnco1. The van der Waals surface area contributed by atoms with E-state index in [9.17, 15) is 9.59 Å². The molecule has 0 aliphatic rings. The van der Waals surface area contributed by atoms with Crippen molar-refractivity contribution >= 4 is 23.5 Å². The number of aliphatic hydroxyl groups is 1. The largest absolute Gasteiger partial charge is 0.496 e. The van der Waals surface area contributed by atoms with Gasteiger partial charge in [-0.25, -0.2) is 14.6 Å². The second-order valence-corrected chi connectivity index (χ2v) is 6.99. The predicted octanol–water partition coefficient (Wildman–Crippen LogP) is 3.49. The van der Waals surface area contributed by atoms with Gasteiger partial charge in [-0.3, -0.25) is 0 Å². The molecule has 3 aromatic rings. The summed E-state index contributed by atoms with van der Waals surface area (Å²) in [5.41, 5.74) is 2.42. The number of nitrogens with one attached hydrogen (secondary N) is 3. The van der Waals surface area contributed by atoms with Crippen LogP contribution >= 0.6 is 0 Å². The normalized spacial score (nSPS) is 11.1. The Morgan fingerprint density at radius 3 is 2.68 bits per heavy atom. The van der Waals surface area contributed by atoms with Gasteiger partial charge in [0.2, 0.25) is 0 Å². The Morgan fingerprint density at radius 2 is 2.00 bits per heavy atom. The molecule has 4 N–H and O–H groups in total. The monoisotopic (exact) mass is 465 g/mol. The van der Waals surface area contributed by atoms with Crippen LogP contribution in [0.15, 0.2) is 59.5 Å². The zero-order valence-electron chi connectivity index (χ0n) is 18.3. The maximum Gasteiger partial charge on any atom is 0.407 e. The highest BCUT2D eigenvalue weighted by molar-refractivity contribution is 6.00. The number of aromatic nitrogens is 1. The third-order valence-corrected chi connectivity index (χ3v) is 4.58. The number of rotatable bonds is 9. The van der Waals surface area contributed by atoms with E-state index in [0.29, 0.717) is 34.0 Å². The summed E-state index contributed by atoms with van der Waals surface area (Å²) in [6, 6.07) is 13.3. The molecule has 1 heterocycles. The lowest BCUT2D eigenvalue weighted by atomic mass is 10.1. The molecule has 34 heavy (non-hydrogen) atoms. The van der Waals surface area contributed by atoms with Crippen molar-refractivity contribution in [3.8, 4) is 23.1 Å². The molecular formula is C23H23N5O6. The Hall–Kier alpha value is -4.56. The molecule has 0 saturated heterocycles. The molecule has 0 aliphatic carbocycles. The van der Waals surface area contributed by atoms with Gasteiger partial charge >= 0.3 is 12.1 Å². The van der Waals surface area contributed by atoms with Crippen LogP contribution in [-0.4, -0.2) is 42.0 Å². The first-order chi connectivity index (χ1) is 16.5. The summed E-state index contributed by atoms with van der Waals surface area (Å²) < 4.78 is 15.6. The van der Waals surface area contributed by atoms with Gasteiger partial charge in [0.15, 0.2) is 12.2 Å². The summed E-state index contributed by atoms with van der Waals surface area (Å²) in [6.45, 7) is -0.314. The Kier molecular flexibility index (Phi) is 8.42. The van der Waals surface area contributed by atoms with Crippen LogP contribution in [0.4, 0.5) is 21.0 Å². The Labute approximate surface area is 195 Å². The maximum atomic E-state index is 12.5. The van der Waals surface area contributed by atoms with E-state index in [1.54, 1.807) is 48.7 Å². The number of nitrogens with zero attached hydrogens (tertiary/aromatic N) is 2. The first-order valence-corrected chi connectivity index (χ1v) is 10.2. The quantitative estimate of drug-likeness (QED) is 0.374. The van der Waals surface area contributed by atoms with Crippen LogP contribution in [0.25, 0.3) is 11.3 Å². The highest BCUT2D eigenvalue weighted by atomic mass is 16.6. The molecule has 3 rings (SSSR count). The second-order valence-electron chi connectivity index (χ2n) is 6.99. The van der Waals surface area contributed by atoms with Crippen molar-refractivity contribution in [3.63, 3.8) is 0 Å². The summed E-state index contributed by atoms with van der Waals surface area (Å²) in [4.78, 5) is 28.2. The number of hydrogen-bond acceptors (Lipinski definition) is 8. The topological polar surface area (TPSA) is 159 Å². The van der Waals surface area contributed by atoms with Gasteiger partial charge in [0.1, 0.15) is 11.9 Å². The fourth-order valence-corrected chi connectivity index (χ4v) is 2.99. The van der Waals surface area contributed by atoms with Gasteiger partial charge < -0.3 is 34.9 Å². The van der Waals surface area contributed by atoms with E-state index in [1.807, 2.05) is 6.07 Å². The van der Waals surface area contributed by atoms with Crippen LogP contribution < -0.4 is 20.7 Å². The first-order valence-electron chi connectivity index (χ1n) is 10.2. The highest BCUT2D eigenvalue weighted by Crippen LogP contribution is 2.32. The number of anilines is 2. The second kappa shape index (κ2) is 11.9. The lowest BCUT2D eigenvalue weighted by molar-refractivity contribution is 0.0600. The van der Waals surface area contributed by atoms with Crippen molar-refractivity contribution in [3.05, 3.63) is 60.6 Å². The standard InChI is InChI=1S/C23H23N5O6/c1-32-20-10-17(5-6-19(20)21-12-25-14-33-21)28-22(30)27-16-4-2-3-15(9-16)11-26-23(31)34-18(13-29)7-8-24/h2-6,9-10,12,14,18,29H,7,11,13H2,1H3,(H,26,31)(H2,27,28,30). The van der Waals surface area contributed by atoms with Crippen molar-refractivity contribution in [1.29, 1.82) is 5.26 Å². The summed E-state index contributed by atoms with van der Waals surface area (Å²) >= 11 is 0. The lowest BCUT2D eigenvalue weighted by Crippen LogP contribution is -2.30. The number of carbonyl (C=O) groups excluding carboxylic acids is 2. The van der Waals surface area contributed by atoms with Gasteiger partial charge in [-0.15, -0.1) is 0 Å². The first kappa shape index (κ1) is 24.1. The molecule has 0 aliphatic heterocycles. The molecule has 3 amide bonds. The van der Waals surface area contributed by atoms with Crippen LogP contribution in [0.1, 0.15) is 12.0 Å². The molecule has 0 radical (unpaired) electrons. The summed E-state index contributed by atoms with van der Waals surface area (Å²) in [7, 11) is 1.52. The van der Waals surface area contributed by atoms with Gasteiger partial charge in [0.05, 0.1) is 38.0 Å². The molecule has 11 nitrogen and oxygen atoms in total. The van der Waals surface area contributed by atoms with E-state index in [-0.39, 0.29) is 13.0 Å². The molecule has 11 heteroatoms. The van der Waals surface area contributed by atoms with E-state index in [2.05, 4.69) is 20.9 Å². The number of amides is 3. The number of aliphatic hydroxyl groups excluding tert-OH is 1. The van der Waals surface area contributed by atoms with E-state index >= 15 is 0 Å². The molecular weight excluding hydrogens is 442 g/mol. The van der Waals surface area contributed by atoms with Crippen LogP contribution in [0.3, 0.4) is 0 Å². The Balaban J connectivity index is 1.56. The fourth-order valence-electron chi connectivity index (χ4n) is 2.99. The van der Waals surface area contributed by atoms with Gasteiger partial charge in [0, 0.05) is 24.0 Å². The summed E-state index contributed by atoms with van der Waals surface area (Å²) in [5.74, 6) is 1.05. The molecule has 0 saturated carbocycles. The van der Waals surface area contributed by atoms with Crippen LogP contribution in [0.2, 0.25) is 0 Å². The molecule has 0 bridgehead atoms. The number of carbonyl (C=O) groups is 2. The number of hydrogen-bond donors (Lipinski definition) is 4. The van der Waals surface area contributed by atoms with Crippen molar-refractivity contribution in [1.82, 2.24) is 10.3 Å². The van der Waals surface area contributed by atoms with Gasteiger partial charge in [0.25, 0.3) is 0 Å². The number of oxazole rings is 1. The average Bonchev–Trinajstić information content (AvgIpc) is 3.37. The van der Waals surface area contributed by atoms with Gasteiger partial charge in [-0.1, -0.05) is 12.1 Å². The molecule has 1 atom stereocenters. The molecule has 0 fully saturated rings. The predicted molar refractivity (Wildman–Crippen MR) is 122 cm³/mol. The van der Waals surface area contributed by atoms with Gasteiger partial charge in [-0.05, 0) is 29.8 Å². The number of urea groups is 1. The fraction of sp³-hybridized carbons (Fsp3) is 0.217. The minimum atomic E-state index is -0.884. The van der Waals surface area contributed by atoms with Crippen molar-refractivity contribution < 1.29 is 28.6 Å². The van der Waals surface area contributed by atoms with E-state index in [0.717, 1.165) is 0 Å². The third kappa shape index (κ3) is 6.72. The maximum absolute atomic E-state index is 12.5. The summed E-state index contributed by atoms with van der Waals surface area (Å²) in [5, 5.41) is 25.7. The number of nitriles is 1. The van der Waals surface area contributed by atoms with Crippen molar-refractivity contribution in [2.45, 2.75) is 19.1 Å². The zero-order valence-corrected chi connectivity index (χ0v) is 18.3. The number of methoxy groups -OCH3 is 1. The lowest BCUT2D eigenvalue weighted by Gasteiger charge is -2.14. The number of benzene rings is 2. The number of ether oxygens (including phenoxy) is 2. The van der Waals surface area contributed by atoms with E-state index in [4.69, 9.17) is 24.3 Å². The van der Waals surface area contributed by atoms with Crippen LogP contribution in [0.5, 0.6) is 5.75 Å². The van der Waals surface area contributed by atoms with Crippen molar-refractivity contribution in [2.24, 2.45) is 0 Å². The Morgan fingerprint density at radius 1 is 1.21 bits per heavy atom. The number of alkyl carbamates (subject to hydrolysis) is 1. The van der Waals surface area contributed by atoms with Crippen molar-refractivity contribution in [2.75, 3.05) is 24.4 Å².